The Morgan fingerprint density at radius 1 is 1.20 bits per heavy atom. The van der Waals surface area contributed by atoms with E-state index in [9.17, 15) is 0 Å². The number of hydrogen-bond acceptors (Lipinski definition) is 2. The molecule has 0 spiro atoms. The largest absolute Gasteiger partial charge is 0.313 e. The van der Waals surface area contributed by atoms with Gasteiger partial charge in [0.2, 0.25) is 0 Å². The monoisotopic (exact) mass is 308 g/mol. The summed E-state index contributed by atoms with van der Waals surface area (Å²) in [7, 11) is 1.95. The van der Waals surface area contributed by atoms with Crippen LogP contribution in [-0.2, 0) is 12.8 Å². The van der Waals surface area contributed by atoms with Gasteiger partial charge in [0, 0.05) is 28.5 Å². The molecule has 0 fully saturated rings. The average molecular weight is 309 g/mol. The van der Waals surface area contributed by atoms with Crippen molar-refractivity contribution in [2.24, 2.45) is 0 Å². The first-order valence-corrected chi connectivity index (χ1v) is 7.45. The number of aromatic nitrogens is 1. The van der Waals surface area contributed by atoms with Crippen LogP contribution < -0.4 is 5.32 Å². The number of benzene rings is 1. The zero-order valence-electron chi connectivity index (χ0n) is 11.7. The normalized spacial score (nSPS) is 12.4. The molecule has 1 N–H and O–H groups in total. The Morgan fingerprint density at radius 3 is 2.50 bits per heavy atom. The number of nitrogens with one attached hydrogen (secondary N) is 1. The van der Waals surface area contributed by atoms with E-state index in [1.807, 2.05) is 37.6 Å². The lowest BCUT2D eigenvalue weighted by Crippen LogP contribution is -2.20. The van der Waals surface area contributed by atoms with Crippen LogP contribution in [0.2, 0.25) is 10.0 Å². The van der Waals surface area contributed by atoms with Gasteiger partial charge in [-0.25, -0.2) is 0 Å². The van der Waals surface area contributed by atoms with Crippen LogP contribution in [0.5, 0.6) is 0 Å². The van der Waals surface area contributed by atoms with Gasteiger partial charge in [-0.3, -0.25) is 4.98 Å². The van der Waals surface area contributed by atoms with E-state index >= 15 is 0 Å². The van der Waals surface area contributed by atoms with Crippen LogP contribution in [0.25, 0.3) is 0 Å². The zero-order chi connectivity index (χ0) is 14.5. The zero-order valence-corrected chi connectivity index (χ0v) is 13.2. The summed E-state index contributed by atoms with van der Waals surface area (Å²) in [6.45, 7) is 2.13. The fourth-order valence-corrected chi connectivity index (χ4v) is 2.92. The molecule has 1 unspecified atom stereocenters. The fraction of sp³-hybridized carbons (Fsp3) is 0.312. The smallest absolute Gasteiger partial charge is 0.0453 e. The Labute approximate surface area is 130 Å². The number of pyridine rings is 1. The summed E-state index contributed by atoms with van der Waals surface area (Å²) in [5.74, 6) is 0. The molecule has 0 radical (unpaired) electrons. The molecule has 2 rings (SSSR count). The maximum Gasteiger partial charge on any atom is 0.0453 e. The third kappa shape index (κ3) is 3.32. The maximum absolute atomic E-state index is 6.27. The number of rotatable bonds is 5. The molecule has 0 amide bonds. The molecule has 1 aromatic heterocycles. The first kappa shape index (κ1) is 15.3. The van der Waals surface area contributed by atoms with Gasteiger partial charge in [0.15, 0.2) is 0 Å². The van der Waals surface area contributed by atoms with Crippen molar-refractivity contribution in [1.29, 1.82) is 0 Å². The lowest BCUT2D eigenvalue weighted by Gasteiger charge is -2.20. The van der Waals surface area contributed by atoms with E-state index in [1.165, 1.54) is 11.1 Å². The number of nitrogens with zero attached hydrogens (tertiary/aromatic N) is 1. The third-order valence-corrected chi connectivity index (χ3v) is 4.22. The van der Waals surface area contributed by atoms with Gasteiger partial charge >= 0.3 is 0 Å². The van der Waals surface area contributed by atoms with Crippen LogP contribution in [0.15, 0.2) is 36.7 Å². The van der Waals surface area contributed by atoms with Gasteiger partial charge in [-0.2, -0.15) is 0 Å². The minimum Gasteiger partial charge on any atom is -0.313 e. The molecule has 4 heteroatoms. The SMILES string of the molecule is CCc1cnccc1C(Cc1c(Cl)cccc1Cl)NC. The molecule has 106 valence electrons. The number of halogens is 2. The molecule has 2 nitrogen and oxygen atoms in total. The highest BCUT2D eigenvalue weighted by atomic mass is 35.5. The lowest BCUT2D eigenvalue weighted by atomic mass is 9.95. The van der Waals surface area contributed by atoms with Gasteiger partial charge < -0.3 is 5.32 Å². The standard InChI is InChI=1S/C16H18Cl2N2/c1-3-11-10-20-8-7-12(11)16(19-2)9-13-14(17)5-4-6-15(13)18/h4-8,10,16,19H,3,9H2,1-2H3. The maximum atomic E-state index is 6.27. The highest BCUT2D eigenvalue weighted by Gasteiger charge is 2.16. The number of likely N-dealkylation sites (N-methyl/N-ethyl adjacent to an activating group) is 1. The van der Waals surface area contributed by atoms with Crippen LogP contribution in [-0.4, -0.2) is 12.0 Å². The van der Waals surface area contributed by atoms with Crippen molar-refractivity contribution in [3.63, 3.8) is 0 Å². The van der Waals surface area contributed by atoms with Crippen molar-refractivity contribution in [2.75, 3.05) is 7.05 Å². The predicted molar refractivity (Wildman–Crippen MR) is 85.6 cm³/mol. The summed E-state index contributed by atoms with van der Waals surface area (Å²) in [4.78, 5) is 4.20. The van der Waals surface area contributed by atoms with Crippen LogP contribution in [0.3, 0.4) is 0 Å². The fourth-order valence-electron chi connectivity index (χ4n) is 2.37. The highest BCUT2D eigenvalue weighted by Crippen LogP contribution is 2.30. The molecule has 0 saturated heterocycles. The van der Waals surface area contributed by atoms with E-state index in [4.69, 9.17) is 23.2 Å². The van der Waals surface area contributed by atoms with E-state index in [0.29, 0.717) is 10.0 Å². The van der Waals surface area contributed by atoms with Crippen molar-refractivity contribution in [3.8, 4) is 0 Å². The summed E-state index contributed by atoms with van der Waals surface area (Å²) in [6, 6.07) is 7.85. The molecule has 0 saturated carbocycles. The number of aryl methyl sites for hydroxylation is 1. The molecule has 0 aliphatic heterocycles. The van der Waals surface area contributed by atoms with Crippen molar-refractivity contribution < 1.29 is 0 Å². The van der Waals surface area contributed by atoms with Crippen molar-refractivity contribution >= 4 is 23.2 Å². The van der Waals surface area contributed by atoms with E-state index in [1.54, 1.807) is 0 Å². The minimum absolute atomic E-state index is 0.172. The summed E-state index contributed by atoms with van der Waals surface area (Å²) in [5.41, 5.74) is 3.48. The molecule has 20 heavy (non-hydrogen) atoms. The van der Waals surface area contributed by atoms with E-state index < -0.39 is 0 Å². The van der Waals surface area contributed by atoms with Gasteiger partial charge in [-0.1, -0.05) is 36.2 Å². The van der Waals surface area contributed by atoms with E-state index in [2.05, 4.69) is 23.3 Å². The lowest BCUT2D eigenvalue weighted by molar-refractivity contribution is 0.586. The summed E-state index contributed by atoms with van der Waals surface area (Å²) >= 11 is 12.5. The van der Waals surface area contributed by atoms with Gasteiger partial charge in [-0.05, 0) is 54.8 Å². The van der Waals surface area contributed by atoms with Crippen LogP contribution in [0.4, 0.5) is 0 Å². The molecule has 0 aliphatic rings. The highest BCUT2D eigenvalue weighted by molar-refractivity contribution is 6.36. The van der Waals surface area contributed by atoms with E-state index in [0.717, 1.165) is 18.4 Å². The Morgan fingerprint density at radius 2 is 1.90 bits per heavy atom. The summed E-state index contributed by atoms with van der Waals surface area (Å²) in [6.07, 6.45) is 5.46. The summed E-state index contributed by atoms with van der Waals surface area (Å²) in [5, 5.41) is 4.78. The Kier molecular flexibility index (Phi) is 5.41. The quantitative estimate of drug-likeness (QED) is 0.882. The first-order valence-electron chi connectivity index (χ1n) is 6.70. The molecule has 1 aromatic carbocycles. The van der Waals surface area contributed by atoms with Crippen LogP contribution >= 0.6 is 23.2 Å². The van der Waals surface area contributed by atoms with Gasteiger partial charge in [0.25, 0.3) is 0 Å². The van der Waals surface area contributed by atoms with Crippen molar-refractivity contribution in [3.05, 3.63) is 63.4 Å². The molecule has 2 aromatic rings. The second kappa shape index (κ2) is 7.07. The Balaban J connectivity index is 2.34. The third-order valence-electron chi connectivity index (χ3n) is 3.52. The molecular weight excluding hydrogens is 291 g/mol. The number of hydrogen-bond donors (Lipinski definition) is 1. The average Bonchev–Trinajstić information content (AvgIpc) is 2.47. The molecule has 1 atom stereocenters. The second-order valence-electron chi connectivity index (χ2n) is 4.67. The van der Waals surface area contributed by atoms with Crippen LogP contribution in [0.1, 0.15) is 29.7 Å². The topological polar surface area (TPSA) is 24.9 Å². The molecular formula is C16H18Cl2N2. The van der Waals surface area contributed by atoms with Crippen molar-refractivity contribution in [2.45, 2.75) is 25.8 Å². The van der Waals surface area contributed by atoms with Gasteiger partial charge in [0.1, 0.15) is 0 Å². The van der Waals surface area contributed by atoms with Crippen molar-refractivity contribution in [1.82, 2.24) is 10.3 Å². The Hall–Kier alpha value is -1.09. The Bertz CT molecular complexity index is 564. The summed E-state index contributed by atoms with van der Waals surface area (Å²) < 4.78 is 0. The molecule has 1 heterocycles. The first-order chi connectivity index (χ1) is 9.67. The van der Waals surface area contributed by atoms with E-state index in [-0.39, 0.29) is 6.04 Å². The minimum atomic E-state index is 0.172. The molecule has 0 aliphatic carbocycles. The van der Waals surface area contributed by atoms with Crippen LogP contribution in [0, 0.1) is 0 Å². The predicted octanol–water partition coefficient (Wildman–Crippen LogP) is 4.45. The molecule has 0 bridgehead atoms. The second-order valence-corrected chi connectivity index (χ2v) is 5.49. The van der Waals surface area contributed by atoms with Gasteiger partial charge in [-0.15, -0.1) is 0 Å². The van der Waals surface area contributed by atoms with Gasteiger partial charge in [0.05, 0.1) is 0 Å².